The topological polar surface area (TPSA) is 47.9 Å². The van der Waals surface area contributed by atoms with Gasteiger partial charge in [-0.25, -0.2) is 4.39 Å². The van der Waals surface area contributed by atoms with Crippen molar-refractivity contribution in [3.8, 4) is 11.5 Å². The van der Waals surface area contributed by atoms with Crippen LogP contribution in [0, 0.1) is 5.82 Å². The Bertz CT molecular complexity index is 1060. The van der Waals surface area contributed by atoms with Crippen molar-refractivity contribution in [2.45, 2.75) is 13.0 Å². The second-order valence-electron chi connectivity index (χ2n) is 6.43. The molecule has 0 saturated heterocycles. The number of ether oxygens (including phenoxy) is 2. The molecular weight excluding hydrogens is 357 g/mol. The van der Waals surface area contributed by atoms with Crippen molar-refractivity contribution in [3.63, 3.8) is 0 Å². The fourth-order valence-corrected chi connectivity index (χ4v) is 3.16. The number of carbonyl (C=O) groups excluding carboxylic acids is 1. The highest BCUT2D eigenvalue weighted by Gasteiger charge is 2.25. The Labute approximate surface area is 162 Å². The first kappa shape index (κ1) is 17.9. The number of ketones is 1. The van der Waals surface area contributed by atoms with Crippen LogP contribution in [0.2, 0.25) is 0 Å². The van der Waals surface area contributed by atoms with E-state index in [1.165, 1.54) is 13.2 Å². The quantitative estimate of drug-likeness (QED) is 0.622. The van der Waals surface area contributed by atoms with Gasteiger partial charge in [-0.15, -0.1) is 0 Å². The van der Waals surface area contributed by atoms with Gasteiger partial charge in [-0.1, -0.05) is 48.5 Å². The smallest absolute Gasteiger partial charge is 0.171 e. The molecule has 0 N–H and O–H groups in total. The van der Waals surface area contributed by atoms with Crippen LogP contribution in [0.15, 0.2) is 71.7 Å². The van der Waals surface area contributed by atoms with E-state index in [4.69, 9.17) is 9.47 Å². The number of benzene rings is 3. The van der Waals surface area contributed by atoms with Crippen LogP contribution in [0.3, 0.4) is 0 Å². The van der Waals surface area contributed by atoms with E-state index in [0.29, 0.717) is 40.6 Å². The third kappa shape index (κ3) is 3.51. The molecule has 0 unspecified atom stereocenters. The zero-order valence-electron chi connectivity index (χ0n) is 15.3. The Kier molecular flexibility index (Phi) is 4.89. The summed E-state index contributed by atoms with van der Waals surface area (Å²) in [6.45, 7) is 0.355. The number of methoxy groups -OCH3 is 1. The molecule has 4 rings (SSSR count). The molecule has 0 amide bonds. The van der Waals surface area contributed by atoms with Crippen molar-refractivity contribution in [2.75, 3.05) is 7.11 Å². The lowest BCUT2D eigenvalue weighted by molar-refractivity contribution is 0.0999. The van der Waals surface area contributed by atoms with Crippen molar-refractivity contribution in [1.82, 2.24) is 0 Å². The molecule has 0 spiro atoms. The van der Waals surface area contributed by atoms with Gasteiger partial charge in [0, 0.05) is 17.2 Å². The number of Topliss-reactive ketones (excluding diaryl/α,β-unsaturated/α-hetero) is 1. The molecule has 28 heavy (non-hydrogen) atoms. The average Bonchev–Trinajstić information content (AvgIpc) is 2.72. The van der Waals surface area contributed by atoms with Crippen LogP contribution in [0.25, 0.3) is 0 Å². The van der Waals surface area contributed by atoms with E-state index in [2.05, 4.69) is 4.99 Å². The molecule has 0 aromatic heterocycles. The van der Waals surface area contributed by atoms with Crippen LogP contribution in [-0.4, -0.2) is 18.6 Å². The minimum atomic E-state index is -0.397. The van der Waals surface area contributed by atoms with E-state index in [1.54, 1.807) is 30.3 Å². The Morgan fingerprint density at radius 1 is 0.964 bits per heavy atom. The zero-order chi connectivity index (χ0) is 19.5. The number of fused-ring (bicyclic) bond motifs is 1. The van der Waals surface area contributed by atoms with Gasteiger partial charge in [-0.05, 0) is 17.7 Å². The highest BCUT2D eigenvalue weighted by atomic mass is 19.1. The second-order valence-corrected chi connectivity index (χ2v) is 6.43. The molecular formula is C23H18FNO3. The molecule has 4 nitrogen and oxygen atoms in total. The molecule has 3 aromatic carbocycles. The number of carbonyl (C=O) groups is 1. The molecule has 140 valence electrons. The van der Waals surface area contributed by atoms with E-state index < -0.39 is 5.82 Å². The molecule has 0 bridgehead atoms. The Morgan fingerprint density at radius 3 is 2.46 bits per heavy atom. The summed E-state index contributed by atoms with van der Waals surface area (Å²) in [4.78, 5) is 17.2. The first-order valence-corrected chi connectivity index (χ1v) is 8.90. The minimum Gasteiger partial charge on any atom is -0.493 e. The van der Waals surface area contributed by atoms with Gasteiger partial charge in [0.15, 0.2) is 17.3 Å². The Balaban J connectivity index is 1.71. The first-order valence-electron chi connectivity index (χ1n) is 8.90. The summed E-state index contributed by atoms with van der Waals surface area (Å²) >= 11 is 0. The largest absolute Gasteiger partial charge is 0.493 e. The standard InChI is InChI=1S/C23H18FNO3/c1-27-22-11-17-20(13-23(22)28-14-15-7-3-2-4-8-15)25-19(12-21(17)26)16-9-5-6-10-18(16)24/h2-11,13H,12,14H2,1H3. The summed E-state index contributed by atoms with van der Waals surface area (Å²) in [5, 5.41) is 0. The van der Waals surface area contributed by atoms with Gasteiger partial charge in [0.1, 0.15) is 12.4 Å². The molecule has 5 heteroatoms. The SMILES string of the molecule is COc1cc2c(cc1OCc1ccccc1)N=C(c1ccccc1F)CC2=O. The third-order valence-corrected chi connectivity index (χ3v) is 4.59. The summed E-state index contributed by atoms with van der Waals surface area (Å²) in [5.41, 5.74) is 2.66. The number of halogens is 1. The van der Waals surface area contributed by atoms with Crippen molar-refractivity contribution in [3.05, 3.63) is 89.2 Å². The predicted octanol–water partition coefficient (Wildman–Crippen LogP) is 5.12. The predicted molar refractivity (Wildman–Crippen MR) is 105 cm³/mol. The monoisotopic (exact) mass is 375 g/mol. The molecule has 1 heterocycles. The van der Waals surface area contributed by atoms with Gasteiger partial charge in [-0.3, -0.25) is 9.79 Å². The van der Waals surface area contributed by atoms with Gasteiger partial charge >= 0.3 is 0 Å². The lowest BCUT2D eigenvalue weighted by Gasteiger charge is -2.18. The number of hydrogen-bond donors (Lipinski definition) is 0. The summed E-state index contributed by atoms with van der Waals surface area (Å²) in [5.74, 6) is 0.423. The molecule has 1 aliphatic rings. The van der Waals surface area contributed by atoms with Gasteiger partial charge in [0.2, 0.25) is 0 Å². The fraction of sp³-hybridized carbons (Fsp3) is 0.130. The molecule has 0 radical (unpaired) electrons. The number of hydrogen-bond acceptors (Lipinski definition) is 4. The number of nitrogens with zero attached hydrogens (tertiary/aromatic N) is 1. The van der Waals surface area contributed by atoms with Crippen LogP contribution in [0.1, 0.15) is 27.9 Å². The zero-order valence-corrected chi connectivity index (χ0v) is 15.3. The third-order valence-electron chi connectivity index (χ3n) is 4.59. The van der Waals surface area contributed by atoms with Gasteiger partial charge in [-0.2, -0.15) is 0 Å². The number of aliphatic imine (C=N–C) groups is 1. The summed E-state index contributed by atoms with van der Waals surface area (Å²) in [6.07, 6.45) is 0.0430. The van der Waals surface area contributed by atoms with Gasteiger partial charge in [0.25, 0.3) is 0 Å². The maximum Gasteiger partial charge on any atom is 0.171 e. The Hall–Kier alpha value is -3.47. The van der Waals surface area contributed by atoms with Crippen LogP contribution < -0.4 is 9.47 Å². The first-order chi connectivity index (χ1) is 13.7. The van der Waals surface area contributed by atoms with Crippen molar-refractivity contribution in [2.24, 2.45) is 4.99 Å². The molecule has 0 aliphatic carbocycles. The van der Waals surface area contributed by atoms with Crippen molar-refractivity contribution >= 4 is 17.2 Å². The molecule has 0 fully saturated rings. The summed E-state index contributed by atoms with van der Waals surface area (Å²) in [6, 6.07) is 19.4. The maximum atomic E-state index is 14.1. The normalized spacial score (nSPS) is 12.9. The fourth-order valence-electron chi connectivity index (χ4n) is 3.16. The van der Waals surface area contributed by atoms with Gasteiger partial charge < -0.3 is 9.47 Å². The van der Waals surface area contributed by atoms with Gasteiger partial charge in [0.05, 0.1) is 24.9 Å². The van der Waals surface area contributed by atoms with E-state index in [9.17, 15) is 9.18 Å². The van der Waals surface area contributed by atoms with Crippen LogP contribution in [-0.2, 0) is 6.61 Å². The summed E-state index contributed by atoms with van der Waals surface area (Å²) < 4.78 is 25.4. The van der Waals surface area contributed by atoms with Crippen molar-refractivity contribution in [1.29, 1.82) is 0 Å². The molecule has 0 saturated carbocycles. The molecule has 0 atom stereocenters. The van der Waals surface area contributed by atoms with E-state index in [-0.39, 0.29) is 12.2 Å². The molecule has 1 aliphatic heterocycles. The van der Waals surface area contributed by atoms with E-state index in [0.717, 1.165) is 5.56 Å². The molecule has 3 aromatic rings. The average molecular weight is 375 g/mol. The summed E-state index contributed by atoms with van der Waals surface area (Å²) in [7, 11) is 1.53. The number of rotatable bonds is 5. The minimum absolute atomic E-state index is 0.0430. The van der Waals surface area contributed by atoms with Crippen LogP contribution in [0.5, 0.6) is 11.5 Å². The van der Waals surface area contributed by atoms with Crippen LogP contribution >= 0.6 is 0 Å². The highest BCUT2D eigenvalue weighted by Crippen LogP contribution is 2.38. The second kappa shape index (κ2) is 7.64. The van der Waals surface area contributed by atoms with E-state index in [1.807, 2.05) is 30.3 Å². The maximum absolute atomic E-state index is 14.1. The highest BCUT2D eigenvalue weighted by molar-refractivity contribution is 6.21. The lowest BCUT2D eigenvalue weighted by atomic mass is 9.95. The van der Waals surface area contributed by atoms with Crippen molar-refractivity contribution < 1.29 is 18.7 Å². The Morgan fingerprint density at radius 2 is 1.71 bits per heavy atom. The van der Waals surface area contributed by atoms with E-state index >= 15 is 0 Å². The van der Waals surface area contributed by atoms with Crippen LogP contribution in [0.4, 0.5) is 10.1 Å². The lowest BCUT2D eigenvalue weighted by Crippen LogP contribution is -2.16.